The summed E-state index contributed by atoms with van der Waals surface area (Å²) < 4.78 is 14.6. The molecule has 35 heavy (non-hydrogen) atoms. The second kappa shape index (κ2) is 13.7. The summed E-state index contributed by atoms with van der Waals surface area (Å²) >= 11 is 1.49. The molecule has 184 valence electrons. The van der Waals surface area contributed by atoms with Gasteiger partial charge in [0.25, 0.3) is 0 Å². The molecule has 0 radical (unpaired) electrons. The van der Waals surface area contributed by atoms with Crippen LogP contribution in [0, 0.1) is 5.82 Å². The zero-order valence-electron chi connectivity index (χ0n) is 20.3. The van der Waals surface area contributed by atoms with Crippen molar-refractivity contribution in [1.82, 2.24) is 10.2 Å². The Bertz CT molecular complexity index is 1080. The van der Waals surface area contributed by atoms with Gasteiger partial charge in [0.2, 0.25) is 11.8 Å². The monoisotopic (exact) mass is 492 g/mol. The van der Waals surface area contributed by atoms with Gasteiger partial charge in [-0.2, -0.15) is 0 Å². The van der Waals surface area contributed by atoms with Crippen molar-refractivity contribution >= 4 is 23.6 Å². The number of benzene rings is 3. The predicted octanol–water partition coefficient (Wildman–Crippen LogP) is 5.61. The number of nitrogens with zero attached hydrogens (tertiary/aromatic N) is 1. The summed E-state index contributed by atoms with van der Waals surface area (Å²) in [7, 11) is 0. The molecule has 3 aromatic carbocycles. The smallest absolute Gasteiger partial charge is 0.243 e. The predicted molar refractivity (Wildman–Crippen MR) is 141 cm³/mol. The van der Waals surface area contributed by atoms with Crippen LogP contribution in [0.4, 0.5) is 4.39 Å². The SMILES string of the molecule is CC[C@H](C)NC(=O)[C@@H](Cc1ccccc1)N(Cc1ccccc1F)C(=O)CSCc1ccccc1. The molecule has 0 aliphatic carbocycles. The van der Waals surface area contributed by atoms with Crippen molar-refractivity contribution in [3.63, 3.8) is 0 Å². The van der Waals surface area contributed by atoms with Gasteiger partial charge in [0, 0.05) is 30.3 Å². The van der Waals surface area contributed by atoms with Gasteiger partial charge in [-0.1, -0.05) is 85.8 Å². The van der Waals surface area contributed by atoms with E-state index in [1.807, 2.05) is 74.5 Å². The van der Waals surface area contributed by atoms with Crippen LogP contribution >= 0.6 is 11.8 Å². The molecule has 0 aliphatic rings. The first-order chi connectivity index (χ1) is 17.0. The maximum Gasteiger partial charge on any atom is 0.243 e. The second-order valence-electron chi connectivity index (χ2n) is 8.61. The van der Waals surface area contributed by atoms with E-state index in [1.54, 1.807) is 23.1 Å². The summed E-state index contributed by atoms with van der Waals surface area (Å²) in [5, 5.41) is 3.03. The average molecular weight is 493 g/mol. The van der Waals surface area contributed by atoms with Gasteiger partial charge in [-0.25, -0.2) is 4.39 Å². The van der Waals surface area contributed by atoms with Crippen LogP contribution in [0.15, 0.2) is 84.9 Å². The molecule has 2 amide bonds. The van der Waals surface area contributed by atoms with Gasteiger partial charge in [-0.15, -0.1) is 11.8 Å². The Balaban J connectivity index is 1.87. The molecule has 0 bridgehead atoms. The molecule has 3 rings (SSSR count). The first-order valence-corrected chi connectivity index (χ1v) is 13.1. The largest absolute Gasteiger partial charge is 0.352 e. The van der Waals surface area contributed by atoms with Gasteiger partial charge in [0.15, 0.2) is 0 Å². The summed E-state index contributed by atoms with van der Waals surface area (Å²) in [5.41, 5.74) is 2.46. The molecule has 0 saturated heterocycles. The lowest BCUT2D eigenvalue weighted by molar-refractivity contribution is -0.139. The Morgan fingerprint density at radius 3 is 2.14 bits per heavy atom. The van der Waals surface area contributed by atoms with Crippen LogP contribution in [-0.4, -0.2) is 34.6 Å². The molecule has 0 aliphatic heterocycles. The van der Waals surface area contributed by atoms with Crippen molar-refractivity contribution < 1.29 is 14.0 Å². The molecule has 2 atom stereocenters. The third kappa shape index (κ3) is 8.25. The summed E-state index contributed by atoms with van der Waals surface area (Å²) in [6.45, 7) is 3.97. The average Bonchev–Trinajstić information content (AvgIpc) is 2.88. The van der Waals surface area contributed by atoms with Crippen LogP contribution in [0.5, 0.6) is 0 Å². The van der Waals surface area contributed by atoms with Crippen LogP contribution in [0.2, 0.25) is 0 Å². The van der Waals surface area contributed by atoms with E-state index in [1.165, 1.54) is 17.8 Å². The lowest BCUT2D eigenvalue weighted by Crippen LogP contribution is -2.52. The third-order valence-corrected chi connectivity index (χ3v) is 6.90. The minimum atomic E-state index is -0.754. The fourth-order valence-electron chi connectivity index (χ4n) is 3.72. The summed E-state index contributed by atoms with van der Waals surface area (Å²) in [5.74, 6) is 0.0896. The molecular formula is C29H33FN2O2S. The highest BCUT2D eigenvalue weighted by Gasteiger charge is 2.31. The van der Waals surface area contributed by atoms with Crippen molar-refractivity contribution in [1.29, 1.82) is 0 Å². The molecule has 0 heterocycles. The Labute approximate surface area is 211 Å². The molecule has 0 saturated carbocycles. The molecule has 0 fully saturated rings. The second-order valence-corrected chi connectivity index (χ2v) is 9.60. The quantitative estimate of drug-likeness (QED) is 0.357. The molecule has 3 aromatic rings. The fraction of sp³-hybridized carbons (Fsp3) is 0.310. The fourth-order valence-corrected chi connectivity index (χ4v) is 4.59. The normalized spacial score (nSPS) is 12.5. The maximum atomic E-state index is 14.6. The molecule has 0 aromatic heterocycles. The van der Waals surface area contributed by atoms with E-state index in [9.17, 15) is 14.0 Å². The molecule has 0 unspecified atom stereocenters. The van der Waals surface area contributed by atoms with E-state index in [4.69, 9.17) is 0 Å². The highest BCUT2D eigenvalue weighted by atomic mass is 32.2. The highest BCUT2D eigenvalue weighted by Crippen LogP contribution is 2.20. The maximum absolute atomic E-state index is 14.6. The minimum Gasteiger partial charge on any atom is -0.352 e. The van der Waals surface area contributed by atoms with E-state index >= 15 is 0 Å². The molecule has 0 spiro atoms. The minimum absolute atomic E-state index is 0.0290. The van der Waals surface area contributed by atoms with Crippen LogP contribution in [0.25, 0.3) is 0 Å². The number of rotatable bonds is 12. The highest BCUT2D eigenvalue weighted by molar-refractivity contribution is 7.99. The Hall–Kier alpha value is -3.12. The molecular weight excluding hydrogens is 459 g/mol. The number of hydrogen-bond donors (Lipinski definition) is 1. The number of halogens is 1. The van der Waals surface area contributed by atoms with E-state index < -0.39 is 6.04 Å². The Morgan fingerprint density at radius 2 is 1.51 bits per heavy atom. The van der Waals surface area contributed by atoms with Crippen molar-refractivity contribution in [2.45, 2.75) is 51.1 Å². The van der Waals surface area contributed by atoms with Gasteiger partial charge >= 0.3 is 0 Å². The zero-order chi connectivity index (χ0) is 25.0. The molecule has 1 N–H and O–H groups in total. The van der Waals surface area contributed by atoms with Gasteiger partial charge < -0.3 is 10.2 Å². The number of nitrogens with one attached hydrogen (secondary N) is 1. The first kappa shape index (κ1) is 26.5. The number of carbonyl (C=O) groups is 2. The van der Waals surface area contributed by atoms with Crippen molar-refractivity contribution in [3.05, 3.63) is 107 Å². The lowest BCUT2D eigenvalue weighted by Gasteiger charge is -2.32. The number of amides is 2. The van der Waals surface area contributed by atoms with E-state index in [0.29, 0.717) is 17.7 Å². The first-order valence-electron chi connectivity index (χ1n) is 12.0. The molecule has 4 nitrogen and oxygen atoms in total. The third-order valence-electron chi connectivity index (χ3n) is 5.91. The van der Waals surface area contributed by atoms with Crippen LogP contribution < -0.4 is 5.32 Å². The standard InChI is InChI=1S/C29H33FN2O2S/c1-3-22(2)31-29(34)27(18-23-12-6-4-7-13-23)32(19-25-16-10-11-17-26(25)30)28(33)21-35-20-24-14-8-5-9-15-24/h4-17,22,27H,3,18-21H2,1-2H3,(H,31,34)/t22-,27+/m0/s1. The van der Waals surface area contributed by atoms with Crippen LogP contribution in [-0.2, 0) is 28.3 Å². The van der Waals surface area contributed by atoms with E-state index in [2.05, 4.69) is 5.32 Å². The molecule has 6 heteroatoms. The van der Waals surface area contributed by atoms with Crippen LogP contribution in [0.1, 0.15) is 37.0 Å². The van der Waals surface area contributed by atoms with Gasteiger partial charge in [0.1, 0.15) is 11.9 Å². The van der Waals surface area contributed by atoms with Crippen molar-refractivity contribution in [3.8, 4) is 0 Å². The zero-order valence-corrected chi connectivity index (χ0v) is 21.1. The summed E-state index contributed by atoms with van der Waals surface area (Å²) in [4.78, 5) is 28.5. The number of carbonyl (C=O) groups excluding carboxylic acids is 2. The van der Waals surface area contributed by atoms with Gasteiger partial charge in [-0.3, -0.25) is 9.59 Å². The van der Waals surface area contributed by atoms with E-state index in [-0.39, 0.29) is 36.0 Å². The number of hydrogen-bond acceptors (Lipinski definition) is 3. The van der Waals surface area contributed by atoms with Gasteiger partial charge in [0.05, 0.1) is 5.75 Å². The van der Waals surface area contributed by atoms with E-state index in [0.717, 1.165) is 17.5 Å². The topological polar surface area (TPSA) is 49.4 Å². The Morgan fingerprint density at radius 1 is 0.914 bits per heavy atom. The summed E-state index contributed by atoms with van der Waals surface area (Å²) in [6, 6.07) is 25.2. The Kier molecular flexibility index (Phi) is 10.4. The number of thioether (sulfide) groups is 1. The van der Waals surface area contributed by atoms with Crippen LogP contribution in [0.3, 0.4) is 0 Å². The van der Waals surface area contributed by atoms with Gasteiger partial charge in [-0.05, 0) is 30.5 Å². The van der Waals surface area contributed by atoms with Crippen molar-refractivity contribution in [2.75, 3.05) is 5.75 Å². The van der Waals surface area contributed by atoms with Crippen molar-refractivity contribution in [2.24, 2.45) is 0 Å². The lowest BCUT2D eigenvalue weighted by atomic mass is 10.0. The summed E-state index contributed by atoms with van der Waals surface area (Å²) in [6.07, 6.45) is 1.13.